The molecule has 0 aliphatic carbocycles. The summed E-state index contributed by atoms with van der Waals surface area (Å²) in [5.41, 5.74) is 4.03. The van der Waals surface area contributed by atoms with Gasteiger partial charge in [0.15, 0.2) is 5.79 Å². The Balaban J connectivity index is -0.000000151. The SMILES string of the molecule is CCN=C(C(C)C)C(C)C.CCN=C(C)C(C)C.CN=C(C(C)C)C(C)C.CNC(=O)C/C(=C\CNC(C)C)C(=O)O.COC(=O)CCSC(C)C.COC(C)(C)OC(C)C. The molecule has 1 amide bonds. The zero-order chi connectivity index (χ0) is 49.5. The number of hydrogen-bond acceptors (Lipinski definition) is 11. The molecule has 0 saturated heterocycles. The zero-order valence-electron chi connectivity index (χ0n) is 44.1. The normalized spacial score (nSPS) is 11.4. The van der Waals surface area contributed by atoms with Crippen molar-refractivity contribution < 1.29 is 33.7 Å². The van der Waals surface area contributed by atoms with Crippen LogP contribution in [0.15, 0.2) is 26.6 Å². The second-order valence-corrected chi connectivity index (χ2v) is 18.6. The number of aliphatic carboxylic acids is 1. The molecule has 0 aromatic carbocycles. The van der Waals surface area contributed by atoms with E-state index in [1.54, 1.807) is 18.9 Å². The molecule has 0 heterocycles. The van der Waals surface area contributed by atoms with Gasteiger partial charge < -0.3 is 30.0 Å². The van der Waals surface area contributed by atoms with Crippen LogP contribution >= 0.6 is 11.8 Å². The van der Waals surface area contributed by atoms with Crippen LogP contribution in [-0.2, 0) is 28.6 Å². The summed E-state index contributed by atoms with van der Waals surface area (Å²) in [4.78, 5) is 45.2. The van der Waals surface area contributed by atoms with Crippen molar-refractivity contribution in [3.63, 3.8) is 0 Å². The Bertz CT molecular complexity index is 1190. The maximum Gasteiger partial charge on any atom is 0.331 e. The average Bonchev–Trinajstić information content (AvgIpc) is 3.13. The van der Waals surface area contributed by atoms with Crippen molar-refractivity contribution >= 4 is 46.7 Å². The lowest BCUT2D eigenvalue weighted by Crippen LogP contribution is -2.29. The van der Waals surface area contributed by atoms with Gasteiger partial charge in [0, 0.05) is 75.3 Å². The summed E-state index contributed by atoms with van der Waals surface area (Å²) in [5.74, 6) is 2.02. The van der Waals surface area contributed by atoms with Crippen LogP contribution in [0.25, 0.3) is 0 Å². The minimum absolute atomic E-state index is 0.0917. The summed E-state index contributed by atoms with van der Waals surface area (Å²) in [5, 5.41) is 14.8. The topological polar surface area (TPSA) is 160 Å². The zero-order valence-corrected chi connectivity index (χ0v) is 44.9. The molecule has 61 heavy (non-hydrogen) atoms. The van der Waals surface area contributed by atoms with Crippen molar-refractivity contribution in [2.45, 2.75) is 181 Å². The van der Waals surface area contributed by atoms with E-state index in [9.17, 15) is 14.4 Å². The number of carbonyl (C=O) groups is 3. The molecule has 0 aliphatic heterocycles. The number of ether oxygens (including phenoxy) is 3. The van der Waals surface area contributed by atoms with Crippen molar-refractivity contribution in [3.8, 4) is 0 Å². The molecule has 0 aliphatic rings. The Morgan fingerprint density at radius 1 is 0.754 bits per heavy atom. The molecule has 13 heteroatoms. The number of thioether (sulfide) groups is 1. The van der Waals surface area contributed by atoms with Crippen molar-refractivity contribution in [2.24, 2.45) is 44.6 Å². The summed E-state index contributed by atoms with van der Waals surface area (Å²) < 4.78 is 14.9. The van der Waals surface area contributed by atoms with E-state index in [2.05, 4.69) is 134 Å². The van der Waals surface area contributed by atoms with Crippen LogP contribution < -0.4 is 10.6 Å². The molecule has 0 fully saturated rings. The maximum atomic E-state index is 11.0. The fraction of sp³-hybridized carbons (Fsp3) is 0.833. The van der Waals surface area contributed by atoms with Crippen molar-refractivity contribution in [2.75, 3.05) is 53.7 Å². The van der Waals surface area contributed by atoms with E-state index in [4.69, 9.17) is 14.6 Å². The summed E-state index contributed by atoms with van der Waals surface area (Å²) in [7, 11) is 6.41. The quantitative estimate of drug-likeness (QED) is 0.0468. The van der Waals surface area contributed by atoms with Gasteiger partial charge in [-0.2, -0.15) is 11.8 Å². The number of hydrogen-bond donors (Lipinski definition) is 3. The molecule has 364 valence electrons. The van der Waals surface area contributed by atoms with Gasteiger partial charge in [-0.3, -0.25) is 24.6 Å². The number of amides is 1. The number of methoxy groups -OCH3 is 2. The molecule has 0 aromatic heterocycles. The fourth-order valence-electron chi connectivity index (χ4n) is 4.84. The van der Waals surface area contributed by atoms with Crippen LogP contribution in [0.3, 0.4) is 0 Å². The smallest absolute Gasteiger partial charge is 0.331 e. The molecular weight excluding hydrogens is 791 g/mol. The minimum atomic E-state index is -1.05. The first kappa shape index (κ1) is 70.1. The Morgan fingerprint density at radius 3 is 1.43 bits per heavy atom. The Labute approximate surface area is 381 Å². The molecule has 12 nitrogen and oxygen atoms in total. The van der Waals surface area contributed by atoms with Gasteiger partial charge in [-0.1, -0.05) is 103 Å². The highest BCUT2D eigenvalue weighted by molar-refractivity contribution is 7.99. The molecule has 3 N–H and O–H groups in total. The van der Waals surface area contributed by atoms with E-state index in [0.717, 1.165) is 18.8 Å². The van der Waals surface area contributed by atoms with Gasteiger partial charge in [0.2, 0.25) is 5.91 Å². The molecule has 0 saturated carbocycles. The number of esters is 1. The monoisotopic (exact) mass is 890 g/mol. The number of nitrogens with one attached hydrogen (secondary N) is 2. The van der Waals surface area contributed by atoms with Crippen molar-refractivity contribution in [1.82, 2.24) is 10.6 Å². The standard InChI is InChI=1S/C10H18N2O3.C9H19N.C8H17N.C7H15N.C7H14O2S.C7H16O2/c1-7(2)12-5-4-8(10(14)15)6-9(13)11-3;1-6-10-9(7(2)3)8(4)5;1-6(2)8(9-5)7(3)4;1-5-8-7(4)6(2)3;1-6(2)10-5-4-7(8)9-3;1-6(2)9-7(3,4)8-5/h4,7,12H,5-6H2,1-3H3,(H,11,13)(H,14,15);7-8H,6H2,1-5H3;6-7H,1-5H3;6H,5H2,1-4H3;6H,4-5H2,1-3H3;6H,1-5H3/b8-4+;;;;;. The summed E-state index contributed by atoms with van der Waals surface area (Å²) in [6.07, 6.45) is 2.18. The number of carboxylic acids is 1. The molecule has 0 unspecified atom stereocenters. The van der Waals surface area contributed by atoms with E-state index in [1.165, 1.54) is 37.4 Å². The lowest BCUT2D eigenvalue weighted by atomic mass is 9.97. The predicted molar refractivity (Wildman–Crippen MR) is 268 cm³/mol. The molecule has 0 spiro atoms. The van der Waals surface area contributed by atoms with Crippen LogP contribution in [0.1, 0.15) is 158 Å². The number of carboxylic acid groups (broad SMARTS) is 1. The molecule has 0 aromatic rings. The van der Waals surface area contributed by atoms with Gasteiger partial charge >= 0.3 is 11.9 Å². The third-order valence-corrected chi connectivity index (χ3v) is 9.09. The number of nitrogens with zero attached hydrogens (tertiary/aromatic N) is 3. The van der Waals surface area contributed by atoms with Gasteiger partial charge in [0.25, 0.3) is 0 Å². The minimum Gasteiger partial charge on any atom is -0.478 e. The summed E-state index contributed by atoms with van der Waals surface area (Å²) in [6, 6.07) is 0.288. The molecule has 0 rings (SSSR count). The van der Waals surface area contributed by atoms with Crippen molar-refractivity contribution in [3.05, 3.63) is 11.6 Å². The highest BCUT2D eigenvalue weighted by atomic mass is 32.2. The Kier molecular flexibility index (Phi) is 50.6. The van der Waals surface area contributed by atoms with Gasteiger partial charge in [0.1, 0.15) is 0 Å². The van der Waals surface area contributed by atoms with Gasteiger partial charge in [-0.15, -0.1) is 0 Å². The third-order valence-electron chi connectivity index (χ3n) is 7.98. The van der Waals surface area contributed by atoms with E-state index in [0.29, 0.717) is 47.8 Å². The molecule has 0 atom stereocenters. The molecule has 0 bridgehead atoms. The summed E-state index contributed by atoms with van der Waals surface area (Å²) in [6.45, 7) is 46.3. The van der Waals surface area contributed by atoms with Gasteiger partial charge in [-0.25, -0.2) is 4.79 Å². The molecule has 0 radical (unpaired) electrons. The first-order valence-corrected chi connectivity index (χ1v) is 23.3. The largest absolute Gasteiger partial charge is 0.478 e. The summed E-state index contributed by atoms with van der Waals surface area (Å²) >= 11 is 1.77. The highest BCUT2D eigenvalue weighted by Crippen LogP contribution is 2.12. The first-order chi connectivity index (χ1) is 28.0. The molecular formula is C48H99N5O7S. The van der Waals surface area contributed by atoms with Crippen LogP contribution in [0.2, 0.25) is 0 Å². The van der Waals surface area contributed by atoms with Crippen molar-refractivity contribution in [1.29, 1.82) is 0 Å². The predicted octanol–water partition coefficient (Wildman–Crippen LogP) is 10.9. The Morgan fingerprint density at radius 2 is 1.21 bits per heavy atom. The van der Waals surface area contributed by atoms with Gasteiger partial charge in [-0.05, 0) is 83.3 Å². The first-order valence-electron chi connectivity index (χ1n) is 22.3. The van der Waals surface area contributed by atoms with E-state index in [-0.39, 0.29) is 36.0 Å². The van der Waals surface area contributed by atoms with E-state index < -0.39 is 11.8 Å². The lowest BCUT2D eigenvalue weighted by molar-refractivity contribution is -0.215. The second-order valence-electron chi connectivity index (χ2n) is 16.9. The van der Waals surface area contributed by atoms with E-state index in [1.807, 2.05) is 48.6 Å². The van der Waals surface area contributed by atoms with Crippen LogP contribution in [0, 0.1) is 29.6 Å². The van der Waals surface area contributed by atoms with Gasteiger partial charge in [0.05, 0.1) is 26.1 Å². The lowest BCUT2D eigenvalue weighted by Gasteiger charge is -2.25. The third kappa shape index (κ3) is 53.5. The fourth-order valence-corrected chi connectivity index (χ4v) is 5.60. The van der Waals surface area contributed by atoms with Crippen LogP contribution in [0.5, 0.6) is 0 Å². The number of rotatable bonds is 20. The second kappa shape index (κ2) is 44.0. The van der Waals surface area contributed by atoms with Crippen LogP contribution in [-0.4, -0.2) is 117 Å². The maximum absolute atomic E-state index is 11.0. The number of aliphatic imine (C=N–C) groups is 3. The van der Waals surface area contributed by atoms with E-state index >= 15 is 0 Å². The average molecular weight is 890 g/mol. The Hall–Kier alpha value is -2.61. The highest BCUT2D eigenvalue weighted by Gasteiger charge is 2.17. The number of carbonyl (C=O) groups excluding carboxylic acids is 2. The van der Waals surface area contributed by atoms with Crippen LogP contribution in [0.4, 0.5) is 0 Å².